The number of hydrogen-bond donors (Lipinski definition) is 1. The number of nitrogens with zero attached hydrogens (tertiary/aromatic N) is 2. The molecule has 0 spiro atoms. The first-order valence-corrected chi connectivity index (χ1v) is 8.52. The third kappa shape index (κ3) is 3.42. The number of aryl methyl sites for hydroxylation is 1. The van der Waals surface area contributed by atoms with E-state index in [1.165, 1.54) is 47.2 Å². The summed E-state index contributed by atoms with van der Waals surface area (Å²) in [4.78, 5) is 0. The highest BCUT2D eigenvalue weighted by molar-refractivity contribution is 7.99. The van der Waals surface area contributed by atoms with Gasteiger partial charge >= 0.3 is 0 Å². The Hall–Kier alpha value is -0.130. The molecule has 0 amide bonds. The van der Waals surface area contributed by atoms with E-state index in [9.17, 15) is 0 Å². The Morgan fingerprint density at radius 2 is 2.18 bits per heavy atom. The molecule has 1 aliphatic heterocycles. The van der Waals surface area contributed by atoms with Crippen molar-refractivity contribution in [3.63, 3.8) is 0 Å². The molecule has 1 aliphatic carbocycles. The molecule has 1 N–H and O–H groups in total. The monoisotopic (exact) mass is 269 g/mol. The van der Waals surface area contributed by atoms with Gasteiger partial charge in [0.25, 0.3) is 0 Å². The standard InChI is InChI=1S/C12H19N3S2/c1(6-13-10-3-4-10)2-11-14-15-12(17-11)9-5-7-16-8-9/h9-10,13H,1-8H2. The van der Waals surface area contributed by atoms with Crippen molar-refractivity contribution in [1.29, 1.82) is 0 Å². The Labute approximate surface area is 111 Å². The number of aromatic nitrogens is 2. The minimum atomic E-state index is 0.691. The maximum absolute atomic E-state index is 4.36. The van der Waals surface area contributed by atoms with Gasteiger partial charge in [-0.15, -0.1) is 21.5 Å². The van der Waals surface area contributed by atoms with E-state index in [0.717, 1.165) is 19.0 Å². The Morgan fingerprint density at radius 1 is 1.24 bits per heavy atom. The molecule has 5 heteroatoms. The normalized spacial score (nSPS) is 24.4. The second-order valence-corrected chi connectivity index (χ2v) is 7.17. The van der Waals surface area contributed by atoms with Crippen molar-refractivity contribution >= 4 is 23.1 Å². The van der Waals surface area contributed by atoms with E-state index >= 15 is 0 Å². The summed E-state index contributed by atoms with van der Waals surface area (Å²) in [5.41, 5.74) is 0. The van der Waals surface area contributed by atoms with E-state index in [4.69, 9.17) is 0 Å². The van der Waals surface area contributed by atoms with Crippen LogP contribution in [0, 0.1) is 0 Å². The zero-order chi connectivity index (χ0) is 11.5. The van der Waals surface area contributed by atoms with Crippen LogP contribution >= 0.6 is 23.1 Å². The molecule has 94 valence electrons. The lowest BCUT2D eigenvalue weighted by Gasteiger charge is -2.00. The highest BCUT2D eigenvalue weighted by atomic mass is 32.2. The van der Waals surface area contributed by atoms with Crippen LogP contribution in [0.15, 0.2) is 0 Å². The lowest BCUT2D eigenvalue weighted by molar-refractivity contribution is 0.642. The molecule has 2 heterocycles. The SMILES string of the molecule is C(CNC1CC1)Cc1nnc(C2CCSC2)s1. The molecule has 0 radical (unpaired) electrons. The minimum Gasteiger partial charge on any atom is -0.314 e. The number of hydrogen-bond acceptors (Lipinski definition) is 5. The molecule has 0 aromatic carbocycles. The fourth-order valence-corrected chi connectivity index (χ4v) is 4.45. The molecule has 1 aromatic rings. The topological polar surface area (TPSA) is 37.8 Å². The van der Waals surface area contributed by atoms with Crippen molar-refractivity contribution in [2.24, 2.45) is 0 Å². The predicted octanol–water partition coefficient (Wildman–Crippen LogP) is 2.44. The van der Waals surface area contributed by atoms with Gasteiger partial charge in [0.05, 0.1) is 0 Å². The number of nitrogens with one attached hydrogen (secondary N) is 1. The predicted molar refractivity (Wildman–Crippen MR) is 73.9 cm³/mol. The summed E-state index contributed by atoms with van der Waals surface area (Å²) in [6.07, 6.45) is 6.34. The van der Waals surface area contributed by atoms with Crippen LogP contribution in [0.25, 0.3) is 0 Å². The van der Waals surface area contributed by atoms with Crippen LogP contribution in [0.5, 0.6) is 0 Å². The third-order valence-corrected chi connectivity index (χ3v) is 5.65. The maximum atomic E-state index is 4.36. The van der Waals surface area contributed by atoms with Crippen LogP contribution in [0.4, 0.5) is 0 Å². The van der Waals surface area contributed by atoms with E-state index < -0.39 is 0 Å². The van der Waals surface area contributed by atoms with Gasteiger partial charge in [0, 0.05) is 24.1 Å². The summed E-state index contributed by atoms with van der Waals surface area (Å²) < 4.78 is 0. The summed E-state index contributed by atoms with van der Waals surface area (Å²) in [6, 6.07) is 0.829. The quantitative estimate of drug-likeness (QED) is 0.805. The van der Waals surface area contributed by atoms with Crippen LogP contribution in [0.3, 0.4) is 0 Å². The van der Waals surface area contributed by atoms with Crippen molar-refractivity contribution in [3.8, 4) is 0 Å². The van der Waals surface area contributed by atoms with Gasteiger partial charge in [0.1, 0.15) is 10.0 Å². The van der Waals surface area contributed by atoms with E-state index in [-0.39, 0.29) is 0 Å². The number of thioether (sulfide) groups is 1. The molecular weight excluding hydrogens is 250 g/mol. The van der Waals surface area contributed by atoms with Crippen LogP contribution in [0.1, 0.15) is 41.6 Å². The second-order valence-electron chi connectivity index (χ2n) is 4.93. The zero-order valence-corrected chi connectivity index (χ0v) is 11.7. The summed E-state index contributed by atoms with van der Waals surface area (Å²) >= 11 is 3.89. The summed E-state index contributed by atoms with van der Waals surface area (Å²) in [7, 11) is 0. The number of rotatable bonds is 6. The molecule has 2 fully saturated rings. The van der Waals surface area contributed by atoms with E-state index in [1.807, 2.05) is 23.1 Å². The Bertz CT molecular complexity index is 356. The zero-order valence-electron chi connectivity index (χ0n) is 10.0. The second kappa shape index (κ2) is 5.67. The van der Waals surface area contributed by atoms with Crippen LogP contribution in [-0.2, 0) is 6.42 Å². The smallest absolute Gasteiger partial charge is 0.121 e. The minimum absolute atomic E-state index is 0.691. The lowest BCUT2D eigenvalue weighted by atomic mass is 10.1. The van der Waals surface area contributed by atoms with Gasteiger partial charge in [0.2, 0.25) is 0 Å². The van der Waals surface area contributed by atoms with Gasteiger partial charge in [-0.25, -0.2) is 0 Å². The van der Waals surface area contributed by atoms with Crippen LogP contribution < -0.4 is 5.32 Å². The highest BCUT2D eigenvalue weighted by Gasteiger charge is 2.22. The van der Waals surface area contributed by atoms with E-state index in [2.05, 4.69) is 15.5 Å². The van der Waals surface area contributed by atoms with Crippen molar-refractivity contribution in [2.75, 3.05) is 18.1 Å². The first-order valence-electron chi connectivity index (χ1n) is 6.55. The third-order valence-electron chi connectivity index (χ3n) is 3.34. The van der Waals surface area contributed by atoms with Crippen LogP contribution in [-0.4, -0.2) is 34.3 Å². The van der Waals surface area contributed by atoms with Gasteiger partial charge in [-0.2, -0.15) is 11.8 Å². The van der Waals surface area contributed by atoms with E-state index in [0.29, 0.717) is 5.92 Å². The van der Waals surface area contributed by atoms with Gasteiger partial charge in [-0.3, -0.25) is 0 Å². The molecule has 1 atom stereocenters. The van der Waals surface area contributed by atoms with Crippen LogP contribution in [0.2, 0.25) is 0 Å². The highest BCUT2D eigenvalue weighted by Crippen LogP contribution is 2.33. The molecule has 3 nitrogen and oxygen atoms in total. The molecule has 1 saturated heterocycles. The fourth-order valence-electron chi connectivity index (χ4n) is 2.10. The fraction of sp³-hybridized carbons (Fsp3) is 0.833. The lowest BCUT2D eigenvalue weighted by Crippen LogP contribution is -2.17. The van der Waals surface area contributed by atoms with Gasteiger partial charge in [-0.1, -0.05) is 0 Å². The first-order chi connectivity index (χ1) is 8.42. The van der Waals surface area contributed by atoms with Crippen molar-refractivity contribution in [3.05, 3.63) is 10.0 Å². The summed E-state index contributed by atoms with van der Waals surface area (Å²) in [6.45, 7) is 1.14. The van der Waals surface area contributed by atoms with E-state index in [1.54, 1.807) is 0 Å². The van der Waals surface area contributed by atoms with Gasteiger partial charge < -0.3 is 5.32 Å². The first kappa shape index (κ1) is 11.9. The Kier molecular flexibility index (Phi) is 3.98. The Balaban J connectivity index is 1.42. The molecule has 1 aromatic heterocycles. The molecule has 1 saturated carbocycles. The summed E-state index contributed by atoms with van der Waals surface area (Å²) in [5.74, 6) is 3.23. The molecule has 0 bridgehead atoms. The largest absolute Gasteiger partial charge is 0.314 e. The Morgan fingerprint density at radius 3 is 2.94 bits per heavy atom. The van der Waals surface area contributed by atoms with Crippen molar-refractivity contribution in [2.45, 2.75) is 44.1 Å². The maximum Gasteiger partial charge on any atom is 0.121 e. The average Bonchev–Trinajstić information content (AvgIpc) is 2.84. The average molecular weight is 269 g/mol. The van der Waals surface area contributed by atoms with Crippen molar-refractivity contribution in [1.82, 2.24) is 15.5 Å². The molecule has 1 unspecified atom stereocenters. The van der Waals surface area contributed by atoms with Gasteiger partial charge in [0.15, 0.2) is 0 Å². The molecule has 2 aliphatic rings. The molecule has 3 rings (SSSR count). The summed E-state index contributed by atoms with van der Waals surface area (Å²) in [5, 5.41) is 14.7. The molecular formula is C12H19N3S2. The van der Waals surface area contributed by atoms with Gasteiger partial charge in [-0.05, 0) is 38.0 Å². The van der Waals surface area contributed by atoms with Crippen molar-refractivity contribution < 1.29 is 0 Å². The molecule has 17 heavy (non-hydrogen) atoms.